The van der Waals surface area contributed by atoms with Gasteiger partial charge >= 0.3 is 0 Å². The van der Waals surface area contributed by atoms with Crippen molar-refractivity contribution in [2.24, 2.45) is 0 Å². The predicted octanol–water partition coefficient (Wildman–Crippen LogP) is 1.59. The van der Waals surface area contributed by atoms with Crippen molar-refractivity contribution in [1.82, 2.24) is 15.0 Å². The molecule has 3 rings (SSSR count). The van der Waals surface area contributed by atoms with Crippen LogP contribution < -0.4 is 0 Å². The molecule has 0 bridgehead atoms. The molecule has 0 aliphatic carbocycles. The largest absolute Gasteiger partial charge is 0.382 e. The van der Waals surface area contributed by atoms with Crippen molar-refractivity contribution < 1.29 is 18.7 Å². The summed E-state index contributed by atoms with van der Waals surface area (Å²) in [5.74, 6) is 1.84. The van der Waals surface area contributed by atoms with E-state index in [1.165, 1.54) is 0 Å². The second-order valence-electron chi connectivity index (χ2n) is 7.06. The highest BCUT2D eigenvalue weighted by atomic mass is 16.5. The number of hydrogen-bond donors (Lipinski definition) is 0. The van der Waals surface area contributed by atoms with Crippen LogP contribution in [-0.2, 0) is 20.8 Å². The predicted molar refractivity (Wildman–Crippen MR) is 83.2 cm³/mol. The summed E-state index contributed by atoms with van der Waals surface area (Å²) in [6.07, 6.45) is 2.00. The average Bonchev–Trinajstić information content (AvgIpc) is 2.95. The molecular weight excluding hydrogens is 298 g/mol. The summed E-state index contributed by atoms with van der Waals surface area (Å²) in [5.41, 5.74) is -0.200. The minimum absolute atomic E-state index is 0.0746. The van der Waals surface area contributed by atoms with E-state index < -0.39 is 0 Å². The minimum Gasteiger partial charge on any atom is -0.382 e. The first-order valence-corrected chi connectivity index (χ1v) is 8.35. The zero-order valence-corrected chi connectivity index (χ0v) is 14.3. The van der Waals surface area contributed by atoms with Crippen molar-refractivity contribution in [3.8, 4) is 0 Å². The van der Waals surface area contributed by atoms with Crippen LogP contribution in [0.1, 0.15) is 44.3 Å². The van der Waals surface area contributed by atoms with Crippen LogP contribution in [0.25, 0.3) is 0 Å². The normalized spacial score (nSPS) is 26.5. The van der Waals surface area contributed by atoms with Gasteiger partial charge in [0.1, 0.15) is 0 Å². The highest BCUT2D eigenvalue weighted by molar-refractivity contribution is 4.96. The molecule has 3 heterocycles. The van der Waals surface area contributed by atoms with Crippen molar-refractivity contribution >= 4 is 0 Å². The molecule has 7 nitrogen and oxygen atoms in total. The van der Waals surface area contributed by atoms with Gasteiger partial charge in [-0.25, -0.2) is 0 Å². The van der Waals surface area contributed by atoms with Crippen molar-refractivity contribution in [3.63, 3.8) is 0 Å². The van der Waals surface area contributed by atoms with Crippen LogP contribution in [0.3, 0.4) is 0 Å². The van der Waals surface area contributed by atoms with E-state index in [2.05, 4.69) is 28.9 Å². The maximum Gasteiger partial charge on any atom is 0.229 e. The molecular formula is C16H27N3O4. The third-order valence-electron chi connectivity index (χ3n) is 4.32. The van der Waals surface area contributed by atoms with Gasteiger partial charge in [-0.2, -0.15) is 4.98 Å². The maximum atomic E-state index is 6.04. The van der Waals surface area contributed by atoms with Gasteiger partial charge < -0.3 is 18.7 Å². The molecule has 0 N–H and O–H groups in total. The summed E-state index contributed by atoms with van der Waals surface area (Å²) in [6, 6.07) is 0. The summed E-state index contributed by atoms with van der Waals surface area (Å²) < 4.78 is 22.1. The number of aromatic nitrogens is 2. The van der Waals surface area contributed by atoms with Gasteiger partial charge in [0, 0.05) is 39.3 Å². The van der Waals surface area contributed by atoms with Gasteiger partial charge in [-0.1, -0.05) is 5.16 Å². The fourth-order valence-corrected chi connectivity index (χ4v) is 3.45. The minimum atomic E-state index is -0.200. The Labute approximate surface area is 137 Å². The van der Waals surface area contributed by atoms with Crippen molar-refractivity contribution in [2.75, 3.05) is 40.0 Å². The van der Waals surface area contributed by atoms with Gasteiger partial charge in [0.25, 0.3) is 0 Å². The smallest absolute Gasteiger partial charge is 0.229 e. The number of nitrogens with zero attached hydrogens (tertiary/aromatic N) is 3. The van der Waals surface area contributed by atoms with Gasteiger partial charge in [0.05, 0.1) is 24.9 Å². The second-order valence-corrected chi connectivity index (χ2v) is 7.06. The Hall–Kier alpha value is -1.02. The molecule has 1 aromatic rings. The Bertz CT molecular complexity index is 499. The van der Waals surface area contributed by atoms with Crippen molar-refractivity contribution in [2.45, 2.75) is 50.9 Å². The lowest BCUT2D eigenvalue weighted by atomic mass is 10.0. The van der Waals surface area contributed by atoms with E-state index in [0.29, 0.717) is 19.1 Å². The van der Waals surface area contributed by atoms with E-state index in [0.717, 1.165) is 50.9 Å². The first kappa shape index (κ1) is 16.8. The molecule has 0 spiro atoms. The van der Waals surface area contributed by atoms with E-state index in [9.17, 15) is 0 Å². The standard InChI is InChI=1S/C16H27N3O4/c1-16(2)11-19(8-13(22-16)10-20-3)9-14-17-15(23-18-14)12-4-6-21-7-5-12/h12-13H,4-11H2,1-3H3/t13-/m0/s1. The van der Waals surface area contributed by atoms with Crippen LogP contribution in [0.5, 0.6) is 0 Å². The number of hydrogen-bond acceptors (Lipinski definition) is 7. The van der Waals surface area contributed by atoms with Gasteiger partial charge in [-0.15, -0.1) is 0 Å². The van der Waals surface area contributed by atoms with Gasteiger partial charge in [0.2, 0.25) is 5.89 Å². The molecule has 23 heavy (non-hydrogen) atoms. The number of morpholine rings is 1. The van der Waals surface area contributed by atoms with Gasteiger partial charge in [-0.05, 0) is 26.7 Å². The van der Waals surface area contributed by atoms with Crippen molar-refractivity contribution in [3.05, 3.63) is 11.7 Å². The molecule has 2 saturated heterocycles. The third kappa shape index (κ3) is 4.50. The fraction of sp³-hybridized carbons (Fsp3) is 0.875. The Balaban J connectivity index is 1.60. The average molecular weight is 325 g/mol. The first-order valence-electron chi connectivity index (χ1n) is 8.35. The summed E-state index contributed by atoms with van der Waals surface area (Å²) in [6.45, 7) is 8.69. The monoisotopic (exact) mass is 325 g/mol. The van der Waals surface area contributed by atoms with Crippen LogP contribution in [0.15, 0.2) is 4.52 Å². The first-order chi connectivity index (χ1) is 11.1. The van der Waals surface area contributed by atoms with E-state index in [4.69, 9.17) is 18.7 Å². The number of ether oxygens (including phenoxy) is 3. The molecule has 0 amide bonds. The highest BCUT2D eigenvalue weighted by Gasteiger charge is 2.34. The maximum absolute atomic E-state index is 6.04. The quantitative estimate of drug-likeness (QED) is 0.814. The Morgan fingerprint density at radius 1 is 1.30 bits per heavy atom. The second kappa shape index (κ2) is 7.25. The van der Waals surface area contributed by atoms with E-state index in [-0.39, 0.29) is 11.7 Å². The van der Waals surface area contributed by atoms with E-state index in [1.54, 1.807) is 7.11 Å². The molecule has 130 valence electrons. The molecule has 0 aromatic carbocycles. The summed E-state index contributed by atoms with van der Waals surface area (Å²) in [4.78, 5) is 6.91. The molecule has 2 aliphatic heterocycles. The molecule has 0 radical (unpaired) electrons. The molecule has 1 aromatic heterocycles. The van der Waals surface area contributed by atoms with Crippen LogP contribution in [-0.4, -0.2) is 66.8 Å². The third-order valence-corrected chi connectivity index (χ3v) is 4.32. The molecule has 7 heteroatoms. The topological polar surface area (TPSA) is 69.9 Å². The lowest BCUT2D eigenvalue weighted by Crippen LogP contribution is -2.53. The summed E-state index contributed by atoms with van der Waals surface area (Å²) in [5, 5.41) is 4.16. The molecule has 1 atom stereocenters. The van der Waals surface area contributed by atoms with E-state index in [1.807, 2.05) is 0 Å². The molecule has 2 fully saturated rings. The van der Waals surface area contributed by atoms with Gasteiger partial charge in [-0.3, -0.25) is 4.90 Å². The molecule has 0 saturated carbocycles. The lowest BCUT2D eigenvalue weighted by molar-refractivity contribution is -0.154. The van der Waals surface area contributed by atoms with Crippen LogP contribution in [0.2, 0.25) is 0 Å². The van der Waals surface area contributed by atoms with Gasteiger partial charge in [0.15, 0.2) is 5.82 Å². The van der Waals surface area contributed by atoms with Crippen LogP contribution in [0, 0.1) is 0 Å². The van der Waals surface area contributed by atoms with Crippen molar-refractivity contribution in [1.29, 1.82) is 0 Å². The number of methoxy groups -OCH3 is 1. The summed E-state index contributed by atoms with van der Waals surface area (Å²) >= 11 is 0. The Kier molecular flexibility index (Phi) is 5.31. The lowest BCUT2D eigenvalue weighted by Gasteiger charge is -2.42. The highest BCUT2D eigenvalue weighted by Crippen LogP contribution is 2.26. The number of rotatable bonds is 5. The van der Waals surface area contributed by atoms with Crippen LogP contribution >= 0.6 is 0 Å². The molecule has 0 unspecified atom stereocenters. The van der Waals surface area contributed by atoms with E-state index >= 15 is 0 Å². The Morgan fingerprint density at radius 3 is 2.83 bits per heavy atom. The fourth-order valence-electron chi connectivity index (χ4n) is 3.45. The molecule has 2 aliphatic rings. The van der Waals surface area contributed by atoms with Crippen LogP contribution in [0.4, 0.5) is 0 Å². The zero-order chi connectivity index (χ0) is 16.3. The zero-order valence-electron chi connectivity index (χ0n) is 14.3. The summed E-state index contributed by atoms with van der Waals surface area (Å²) in [7, 11) is 1.70. The SMILES string of the molecule is COC[C@@H]1CN(Cc2noc(C3CCOCC3)n2)CC(C)(C)O1. The Morgan fingerprint density at radius 2 is 2.09 bits per heavy atom.